The van der Waals surface area contributed by atoms with E-state index in [2.05, 4.69) is 15.9 Å². The van der Waals surface area contributed by atoms with Crippen LogP contribution in [-0.4, -0.2) is 4.57 Å². The van der Waals surface area contributed by atoms with E-state index in [-0.39, 0.29) is 12.2 Å². The zero-order valence-electron chi connectivity index (χ0n) is 14.5. The molecule has 0 aliphatic rings. The zero-order valence-corrected chi connectivity index (χ0v) is 16.1. The van der Waals surface area contributed by atoms with E-state index in [4.69, 9.17) is 0 Å². The Labute approximate surface area is 167 Å². The number of rotatable bonds is 4. The van der Waals surface area contributed by atoms with E-state index in [0.29, 0.717) is 10.9 Å². The first-order valence-electron chi connectivity index (χ1n) is 8.29. The first-order valence-corrected chi connectivity index (χ1v) is 9.41. The molecule has 7 heteroatoms. The van der Waals surface area contributed by atoms with Crippen LogP contribution in [0.25, 0.3) is 11.3 Å². The van der Waals surface area contributed by atoms with Crippen molar-refractivity contribution in [2.24, 2.45) is 0 Å². The van der Waals surface area contributed by atoms with Crippen LogP contribution in [0.4, 0.5) is 13.2 Å². The number of benzene rings is 2. The number of nitrogens with zero attached hydrogens (tertiary/aromatic N) is 2. The van der Waals surface area contributed by atoms with Gasteiger partial charge in [-0.15, -0.1) is 0 Å². The van der Waals surface area contributed by atoms with Crippen LogP contribution in [0.5, 0.6) is 0 Å². The average Bonchev–Trinajstić information content (AvgIpc) is 2.69. The van der Waals surface area contributed by atoms with Gasteiger partial charge in [0.05, 0.1) is 17.8 Å². The second kappa shape index (κ2) is 8.03. The number of pyridine rings is 1. The molecule has 0 amide bonds. The van der Waals surface area contributed by atoms with E-state index in [1.54, 1.807) is 48.5 Å². The Morgan fingerprint density at radius 1 is 1.00 bits per heavy atom. The van der Waals surface area contributed by atoms with Crippen LogP contribution < -0.4 is 5.56 Å². The predicted octanol–water partition coefficient (Wildman–Crippen LogP) is 5.35. The largest absolute Gasteiger partial charge is 0.417 e. The standard InChI is InChI=1S/C21H14BrF3N2O/c22-11-15-7-4-8-16(9-15)19-10-18(21(23,24)25)17(12-26)20(28)27(19)13-14-5-2-1-3-6-14/h1-10H,11,13H2. The smallest absolute Gasteiger partial charge is 0.303 e. The van der Waals surface area contributed by atoms with E-state index in [1.807, 2.05) is 6.07 Å². The molecule has 2 aromatic carbocycles. The van der Waals surface area contributed by atoms with Gasteiger partial charge in [-0.05, 0) is 28.8 Å². The molecule has 0 aliphatic carbocycles. The SMILES string of the molecule is N#Cc1c(C(F)(F)F)cc(-c2cccc(CBr)c2)n(Cc2ccccc2)c1=O. The van der Waals surface area contributed by atoms with Crippen LogP contribution in [0.3, 0.4) is 0 Å². The molecule has 0 saturated carbocycles. The Hall–Kier alpha value is -2.85. The van der Waals surface area contributed by atoms with Gasteiger partial charge >= 0.3 is 6.18 Å². The molecule has 0 radical (unpaired) electrons. The van der Waals surface area contributed by atoms with Crippen molar-refractivity contribution >= 4 is 15.9 Å². The van der Waals surface area contributed by atoms with Crippen molar-refractivity contribution in [2.75, 3.05) is 0 Å². The highest BCUT2D eigenvalue weighted by Crippen LogP contribution is 2.34. The first-order chi connectivity index (χ1) is 13.3. The topological polar surface area (TPSA) is 45.8 Å². The van der Waals surface area contributed by atoms with Crippen LogP contribution in [-0.2, 0) is 18.1 Å². The number of alkyl halides is 4. The number of halogens is 4. The van der Waals surface area contributed by atoms with Crippen molar-refractivity contribution in [1.29, 1.82) is 5.26 Å². The second-order valence-electron chi connectivity index (χ2n) is 6.14. The second-order valence-corrected chi connectivity index (χ2v) is 6.70. The fourth-order valence-corrected chi connectivity index (χ4v) is 3.30. The molecule has 0 spiro atoms. The van der Waals surface area contributed by atoms with Gasteiger partial charge in [0.15, 0.2) is 0 Å². The summed E-state index contributed by atoms with van der Waals surface area (Å²) in [5.74, 6) is 0. The minimum absolute atomic E-state index is 0.0559. The number of nitriles is 1. The molecule has 3 aromatic rings. The van der Waals surface area contributed by atoms with E-state index in [0.717, 1.165) is 17.2 Å². The van der Waals surface area contributed by atoms with Crippen LogP contribution in [0, 0.1) is 11.3 Å². The molecule has 0 aliphatic heterocycles. The maximum absolute atomic E-state index is 13.5. The quantitative estimate of drug-likeness (QED) is 0.507. The summed E-state index contributed by atoms with van der Waals surface area (Å²) in [7, 11) is 0. The molecule has 28 heavy (non-hydrogen) atoms. The minimum Gasteiger partial charge on any atom is -0.303 e. The maximum Gasteiger partial charge on any atom is 0.417 e. The Balaban J connectivity index is 2.32. The van der Waals surface area contributed by atoms with Crippen molar-refractivity contribution < 1.29 is 13.2 Å². The third kappa shape index (κ3) is 4.02. The lowest BCUT2D eigenvalue weighted by atomic mass is 10.0. The van der Waals surface area contributed by atoms with Crippen molar-refractivity contribution in [2.45, 2.75) is 18.1 Å². The lowest BCUT2D eigenvalue weighted by Gasteiger charge is -2.18. The Morgan fingerprint density at radius 2 is 1.68 bits per heavy atom. The van der Waals surface area contributed by atoms with Gasteiger partial charge in [-0.2, -0.15) is 18.4 Å². The molecule has 0 N–H and O–H groups in total. The van der Waals surface area contributed by atoms with Gasteiger partial charge in [0, 0.05) is 5.33 Å². The van der Waals surface area contributed by atoms with Gasteiger partial charge in [-0.3, -0.25) is 4.79 Å². The van der Waals surface area contributed by atoms with Gasteiger partial charge < -0.3 is 4.57 Å². The van der Waals surface area contributed by atoms with E-state index >= 15 is 0 Å². The molecule has 3 nitrogen and oxygen atoms in total. The lowest BCUT2D eigenvalue weighted by Crippen LogP contribution is -2.28. The van der Waals surface area contributed by atoms with Crippen LogP contribution >= 0.6 is 15.9 Å². The molecule has 0 bridgehead atoms. The van der Waals surface area contributed by atoms with Gasteiger partial charge in [-0.1, -0.05) is 64.5 Å². The van der Waals surface area contributed by atoms with Crippen molar-refractivity contribution in [3.05, 3.63) is 93.3 Å². The molecule has 0 atom stereocenters. The van der Waals surface area contributed by atoms with Crippen LogP contribution in [0.2, 0.25) is 0 Å². The normalized spacial score (nSPS) is 11.2. The third-order valence-corrected chi connectivity index (χ3v) is 4.93. The monoisotopic (exact) mass is 446 g/mol. The molecule has 142 valence electrons. The van der Waals surface area contributed by atoms with Gasteiger partial charge in [-0.25, -0.2) is 0 Å². The van der Waals surface area contributed by atoms with E-state index < -0.39 is 22.9 Å². The zero-order chi connectivity index (χ0) is 20.3. The summed E-state index contributed by atoms with van der Waals surface area (Å²) >= 11 is 3.33. The molecular weight excluding hydrogens is 433 g/mol. The highest BCUT2D eigenvalue weighted by molar-refractivity contribution is 9.08. The molecule has 1 aromatic heterocycles. The minimum atomic E-state index is -4.81. The summed E-state index contributed by atoms with van der Waals surface area (Å²) in [5, 5.41) is 9.75. The van der Waals surface area contributed by atoms with Crippen LogP contribution in [0.1, 0.15) is 22.3 Å². The number of aromatic nitrogens is 1. The predicted molar refractivity (Wildman–Crippen MR) is 104 cm³/mol. The summed E-state index contributed by atoms with van der Waals surface area (Å²) in [6, 6.07) is 18.1. The summed E-state index contributed by atoms with van der Waals surface area (Å²) in [6.45, 7) is 0.0559. The van der Waals surface area contributed by atoms with Gasteiger partial charge in [0.25, 0.3) is 5.56 Å². The van der Waals surface area contributed by atoms with Crippen molar-refractivity contribution in [1.82, 2.24) is 4.57 Å². The third-order valence-electron chi connectivity index (χ3n) is 4.28. The van der Waals surface area contributed by atoms with Crippen molar-refractivity contribution in [3.8, 4) is 17.3 Å². The molecule has 0 unspecified atom stereocenters. The molecule has 1 heterocycles. The lowest BCUT2D eigenvalue weighted by molar-refractivity contribution is -0.137. The molecule has 3 rings (SSSR count). The highest BCUT2D eigenvalue weighted by atomic mass is 79.9. The summed E-state index contributed by atoms with van der Waals surface area (Å²) in [5.41, 5.74) is -0.893. The molecular formula is C21H14BrF3N2O. The molecule has 0 fully saturated rings. The fourth-order valence-electron chi connectivity index (χ4n) is 2.95. The summed E-state index contributed by atoms with van der Waals surface area (Å²) in [6.07, 6.45) is -4.81. The number of hydrogen-bond acceptors (Lipinski definition) is 2. The van der Waals surface area contributed by atoms with Gasteiger partial charge in [0.2, 0.25) is 0 Å². The van der Waals surface area contributed by atoms with E-state index in [1.165, 1.54) is 10.6 Å². The maximum atomic E-state index is 13.5. The van der Waals surface area contributed by atoms with Crippen molar-refractivity contribution in [3.63, 3.8) is 0 Å². The fraction of sp³-hybridized carbons (Fsp3) is 0.143. The van der Waals surface area contributed by atoms with E-state index in [9.17, 15) is 23.2 Å². The summed E-state index contributed by atoms with van der Waals surface area (Å²) in [4.78, 5) is 12.9. The number of hydrogen-bond donors (Lipinski definition) is 0. The first kappa shape index (κ1) is 19.9. The summed E-state index contributed by atoms with van der Waals surface area (Å²) < 4.78 is 41.7. The average molecular weight is 447 g/mol. The highest BCUT2D eigenvalue weighted by Gasteiger charge is 2.36. The molecule has 0 saturated heterocycles. The Morgan fingerprint density at radius 3 is 2.29 bits per heavy atom. The van der Waals surface area contributed by atoms with Gasteiger partial charge in [0.1, 0.15) is 11.6 Å². The van der Waals surface area contributed by atoms with Crippen LogP contribution in [0.15, 0.2) is 65.5 Å². The Kier molecular flexibility index (Phi) is 5.71. The Bertz CT molecular complexity index is 1100.